The maximum absolute atomic E-state index is 13.0. The number of hydrogen-bond donors (Lipinski definition) is 3. The van der Waals surface area contributed by atoms with Crippen molar-refractivity contribution in [2.45, 2.75) is 0 Å². The summed E-state index contributed by atoms with van der Waals surface area (Å²) in [6, 6.07) is 17.1. The van der Waals surface area contributed by atoms with E-state index in [4.69, 9.17) is 25.7 Å². The summed E-state index contributed by atoms with van der Waals surface area (Å²) in [5, 5.41) is 7.11. The highest BCUT2D eigenvalue weighted by atomic mass is 32.1. The molecule has 2 aromatic carbocycles. The molecule has 5 N–H and O–H groups in total. The second kappa shape index (κ2) is 8.49. The first-order valence-electron chi connectivity index (χ1n) is 10.3. The quantitative estimate of drug-likeness (QED) is 0.261. The predicted molar refractivity (Wildman–Crippen MR) is 132 cm³/mol. The van der Waals surface area contributed by atoms with Crippen LogP contribution in [0, 0.1) is 0 Å². The zero-order valence-electron chi connectivity index (χ0n) is 18.4. The Hall–Kier alpha value is -4.44. The molecule has 0 atom stereocenters. The number of carbonyl (C=O) groups is 1. The lowest BCUT2D eigenvalue weighted by Gasteiger charge is -2.10. The number of thiophene rings is 1. The molecule has 0 bridgehead atoms. The van der Waals surface area contributed by atoms with E-state index in [-0.39, 0.29) is 5.88 Å². The van der Waals surface area contributed by atoms with Gasteiger partial charge < -0.3 is 16.2 Å². The first kappa shape index (κ1) is 21.4. The van der Waals surface area contributed by atoms with Crippen LogP contribution < -0.4 is 26.2 Å². The van der Waals surface area contributed by atoms with E-state index in [0.717, 1.165) is 22.4 Å². The second-order valence-electron chi connectivity index (χ2n) is 7.63. The monoisotopic (exact) mass is 473 g/mol. The fourth-order valence-corrected chi connectivity index (χ4v) is 4.67. The van der Waals surface area contributed by atoms with Gasteiger partial charge >= 0.3 is 5.88 Å². The van der Waals surface area contributed by atoms with Gasteiger partial charge in [-0.2, -0.15) is 0 Å². The van der Waals surface area contributed by atoms with E-state index >= 15 is 0 Å². The van der Waals surface area contributed by atoms with Crippen molar-refractivity contribution < 1.29 is 18.7 Å². The van der Waals surface area contributed by atoms with Gasteiger partial charge in [0.1, 0.15) is 15.5 Å². The van der Waals surface area contributed by atoms with Crippen molar-refractivity contribution in [2.24, 2.45) is 7.05 Å². The Kier molecular flexibility index (Phi) is 5.34. The van der Waals surface area contributed by atoms with Gasteiger partial charge in [-0.3, -0.25) is 14.6 Å². The topological polar surface area (TPSA) is 133 Å². The van der Waals surface area contributed by atoms with Crippen LogP contribution in [-0.4, -0.2) is 23.3 Å². The molecule has 1 amide bonds. The predicted octanol–water partition coefficient (Wildman–Crippen LogP) is 3.87. The molecule has 0 saturated heterocycles. The van der Waals surface area contributed by atoms with E-state index in [0.29, 0.717) is 32.2 Å². The number of benzene rings is 2. The molecule has 5 aromatic rings. The van der Waals surface area contributed by atoms with Gasteiger partial charge in [0.15, 0.2) is 12.3 Å². The highest BCUT2D eigenvalue weighted by molar-refractivity contribution is 7.21. The van der Waals surface area contributed by atoms with Crippen molar-refractivity contribution in [2.75, 3.05) is 23.9 Å². The van der Waals surface area contributed by atoms with E-state index in [1.54, 1.807) is 20.4 Å². The van der Waals surface area contributed by atoms with Crippen LogP contribution in [0.2, 0.25) is 0 Å². The van der Waals surface area contributed by atoms with Crippen molar-refractivity contribution >= 4 is 44.7 Å². The number of aromatic nitrogens is 3. The van der Waals surface area contributed by atoms with E-state index in [1.807, 2.05) is 54.6 Å². The number of fused-ring (bicyclic) bond motifs is 1. The van der Waals surface area contributed by atoms with Gasteiger partial charge in [-0.1, -0.05) is 28.9 Å². The lowest BCUT2D eigenvalue weighted by molar-refractivity contribution is -0.739. The summed E-state index contributed by atoms with van der Waals surface area (Å²) in [5.41, 5.74) is 16.8. The lowest BCUT2D eigenvalue weighted by atomic mass is 9.99. The normalized spacial score (nSPS) is 11.0. The Labute approximate surface area is 198 Å². The van der Waals surface area contributed by atoms with Crippen molar-refractivity contribution in [1.29, 1.82) is 0 Å². The molecular weight excluding hydrogens is 452 g/mol. The number of carbonyl (C=O) groups excluding carboxylic acids is 1. The number of hydrogen-bond acceptors (Lipinski definition) is 8. The molecule has 0 fully saturated rings. The summed E-state index contributed by atoms with van der Waals surface area (Å²) in [6.45, 7) is 0. The van der Waals surface area contributed by atoms with Crippen molar-refractivity contribution in [1.82, 2.24) is 10.3 Å². The van der Waals surface area contributed by atoms with Crippen molar-refractivity contribution in [3.63, 3.8) is 0 Å². The molecule has 0 radical (unpaired) electrons. The number of aryl methyl sites for hydroxylation is 1. The molecule has 0 spiro atoms. The minimum atomic E-state index is -0.400. The van der Waals surface area contributed by atoms with Gasteiger partial charge in [0, 0.05) is 16.6 Å². The lowest BCUT2D eigenvalue weighted by Crippen LogP contribution is -2.28. The third kappa shape index (κ3) is 3.90. The third-order valence-electron chi connectivity index (χ3n) is 5.30. The zero-order valence-corrected chi connectivity index (χ0v) is 19.2. The Balaban J connectivity index is 1.69. The maximum Gasteiger partial charge on any atom is 0.302 e. The number of methoxy groups -OCH3 is 1. The fraction of sp³-hybridized carbons (Fsp3) is 0.0833. The molecule has 5 rings (SSSR count). The molecule has 10 heteroatoms. The number of rotatable bonds is 5. The molecule has 9 nitrogen and oxygen atoms in total. The van der Waals surface area contributed by atoms with E-state index in [2.05, 4.69) is 10.6 Å². The van der Waals surface area contributed by atoms with Crippen LogP contribution in [0.5, 0.6) is 5.75 Å². The summed E-state index contributed by atoms with van der Waals surface area (Å²) in [6.07, 6.45) is 1.56. The Morgan fingerprint density at radius 1 is 1.12 bits per heavy atom. The van der Waals surface area contributed by atoms with Gasteiger partial charge in [0.05, 0.1) is 18.5 Å². The molecule has 0 aliphatic carbocycles. The minimum absolute atomic E-state index is 0.216. The molecule has 34 heavy (non-hydrogen) atoms. The number of anilines is 3. The standard InChI is InChI=1S/C24H20N6O3S/c1-30-12-19(33-29-30)28-23(31)22-21(26)20-17(14-4-3-5-16(10-14)32-2)11-18(27-24(20)34-22)13-6-8-15(25)9-7-13/h3-12H,1-2H3,(H4-,25,26,27,28,29,31)/p+1. The molecule has 0 aliphatic rings. The van der Waals surface area contributed by atoms with Gasteiger partial charge in [-0.15, -0.1) is 11.3 Å². The van der Waals surface area contributed by atoms with Crippen LogP contribution in [0.4, 0.5) is 17.3 Å². The second-order valence-corrected chi connectivity index (χ2v) is 8.63. The fourth-order valence-electron chi connectivity index (χ4n) is 3.66. The number of nitrogens with zero attached hydrogens (tertiary/aromatic N) is 3. The number of nitrogen functional groups attached to an aromatic ring is 2. The summed E-state index contributed by atoms with van der Waals surface area (Å²) in [7, 11) is 3.31. The third-order valence-corrected chi connectivity index (χ3v) is 6.40. The molecule has 3 heterocycles. The number of amides is 1. The first-order chi connectivity index (χ1) is 16.4. The molecule has 0 aliphatic heterocycles. The number of ether oxygens (including phenoxy) is 1. The Bertz CT molecular complexity index is 1520. The Morgan fingerprint density at radius 3 is 2.62 bits per heavy atom. The average molecular weight is 474 g/mol. The molecular formula is C24H21N6O3S+. The number of pyridine rings is 1. The van der Waals surface area contributed by atoms with Gasteiger partial charge in [-0.05, 0) is 41.5 Å². The van der Waals surface area contributed by atoms with Gasteiger partial charge in [0.25, 0.3) is 12.1 Å². The molecule has 3 aromatic heterocycles. The van der Waals surface area contributed by atoms with Crippen molar-refractivity contribution in [3.05, 3.63) is 65.7 Å². The van der Waals surface area contributed by atoms with Crippen LogP contribution >= 0.6 is 11.3 Å². The summed E-state index contributed by atoms with van der Waals surface area (Å²) in [5.74, 6) is 0.525. The van der Waals surface area contributed by atoms with Crippen LogP contribution in [0.1, 0.15) is 9.67 Å². The SMILES string of the molecule is COc1cccc(-c2cc(-c3ccc(N)cc3)nc3sc(C(=O)Nc4c[n+](C)no4)c(N)c23)c1. The highest BCUT2D eigenvalue weighted by Gasteiger charge is 2.23. The minimum Gasteiger partial charge on any atom is -0.497 e. The van der Waals surface area contributed by atoms with Crippen LogP contribution in [0.15, 0.2) is 65.3 Å². The van der Waals surface area contributed by atoms with Crippen LogP contribution in [0.25, 0.3) is 32.6 Å². The maximum atomic E-state index is 13.0. The van der Waals surface area contributed by atoms with Crippen LogP contribution in [0.3, 0.4) is 0 Å². The molecule has 0 unspecified atom stereocenters. The average Bonchev–Trinajstić information content (AvgIpc) is 3.41. The van der Waals surface area contributed by atoms with Gasteiger partial charge in [0.2, 0.25) is 0 Å². The zero-order chi connectivity index (χ0) is 23.8. The highest BCUT2D eigenvalue weighted by Crippen LogP contribution is 2.42. The van der Waals surface area contributed by atoms with Crippen LogP contribution in [-0.2, 0) is 7.05 Å². The summed E-state index contributed by atoms with van der Waals surface area (Å²) in [4.78, 5) is 18.8. The largest absolute Gasteiger partial charge is 0.497 e. The van der Waals surface area contributed by atoms with E-state index < -0.39 is 5.91 Å². The van der Waals surface area contributed by atoms with E-state index in [9.17, 15) is 4.79 Å². The summed E-state index contributed by atoms with van der Waals surface area (Å²) >= 11 is 1.22. The van der Waals surface area contributed by atoms with E-state index in [1.165, 1.54) is 16.0 Å². The summed E-state index contributed by atoms with van der Waals surface area (Å²) < 4.78 is 11.9. The number of nitrogens with two attached hydrogens (primary N) is 2. The smallest absolute Gasteiger partial charge is 0.302 e. The first-order valence-corrected chi connectivity index (χ1v) is 11.1. The Morgan fingerprint density at radius 2 is 1.91 bits per heavy atom. The molecule has 170 valence electrons. The number of nitrogens with one attached hydrogen (secondary N) is 1. The van der Waals surface area contributed by atoms with Crippen molar-refractivity contribution in [3.8, 4) is 28.1 Å². The van der Waals surface area contributed by atoms with Gasteiger partial charge in [-0.25, -0.2) is 4.98 Å². The molecule has 0 saturated carbocycles.